The lowest BCUT2D eigenvalue weighted by molar-refractivity contribution is -0.134. The van der Waals surface area contributed by atoms with Gasteiger partial charge in [0.25, 0.3) is 0 Å². The molecule has 0 fully saturated rings. The van der Waals surface area contributed by atoms with Gasteiger partial charge in [-0.05, 0) is 31.0 Å². The van der Waals surface area contributed by atoms with Crippen molar-refractivity contribution in [2.24, 2.45) is 0 Å². The smallest absolute Gasteiger partial charge is 0.336 e. The van der Waals surface area contributed by atoms with E-state index in [1.165, 1.54) is 70.3 Å². The van der Waals surface area contributed by atoms with Crippen LogP contribution in [0, 0.1) is 6.92 Å². The molecule has 160 valence electrons. The van der Waals surface area contributed by atoms with Crippen molar-refractivity contribution in [3.63, 3.8) is 0 Å². The van der Waals surface area contributed by atoms with Crippen LogP contribution >= 0.6 is 0 Å². The lowest BCUT2D eigenvalue weighted by atomic mass is 10.0. The Hall–Kier alpha value is -2.10. The molecule has 4 nitrogen and oxygen atoms in total. The maximum Gasteiger partial charge on any atom is 0.336 e. The van der Waals surface area contributed by atoms with Crippen molar-refractivity contribution in [3.8, 4) is 5.75 Å². The van der Waals surface area contributed by atoms with E-state index >= 15 is 0 Å². The molecule has 0 N–H and O–H groups in total. The zero-order valence-electron chi connectivity index (χ0n) is 18.1. The number of carbonyl (C=O) groups excluding carboxylic acids is 1. The first-order valence-corrected chi connectivity index (χ1v) is 11.4. The number of benzene rings is 1. The molecule has 0 aliphatic carbocycles. The molecule has 0 saturated carbocycles. The van der Waals surface area contributed by atoms with Gasteiger partial charge in [0.1, 0.15) is 11.3 Å². The van der Waals surface area contributed by atoms with Gasteiger partial charge in [0.15, 0.2) is 0 Å². The summed E-state index contributed by atoms with van der Waals surface area (Å²) < 4.78 is 10.6. The van der Waals surface area contributed by atoms with Crippen molar-refractivity contribution in [1.82, 2.24) is 0 Å². The van der Waals surface area contributed by atoms with E-state index in [9.17, 15) is 9.59 Å². The molecule has 0 amide bonds. The molecule has 0 radical (unpaired) electrons. The van der Waals surface area contributed by atoms with Crippen LogP contribution in [-0.4, -0.2) is 5.97 Å². The van der Waals surface area contributed by atoms with Crippen molar-refractivity contribution < 1.29 is 13.9 Å². The van der Waals surface area contributed by atoms with Crippen LogP contribution in [0.5, 0.6) is 5.75 Å². The number of fused-ring (bicyclic) bond motifs is 1. The third-order valence-corrected chi connectivity index (χ3v) is 5.39. The van der Waals surface area contributed by atoms with Crippen molar-refractivity contribution in [3.05, 3.63) is 40.2 Å². The van der Waals surface area contributed by atoms with E-state index in [0.717, 1.165) is 23.8 Å². The van der Waals surface area contributed by atoms with Gasteiger partial charge in [0, 0.05) is 23.9 Å². The van der Waals surface area contributed by atoms with Gasteiger partial charge in [-0.15, -0.1) is 0 Å². The SMILES string of the molecule is CCCCCCCCCCCCCCC(=O)Oc1ccc2c(C)cc(=O)oc2c1. The summed E-state index contributed by atoms with van der Waals surface area (Å²) in [4.78, 5) is 23.6. The van der Waals surface area contributed by atoms with Crippen LogP contribution in [0.2, 0.25) is 0 Å². The highest BCUT2D eigenvalue weighted by molar-refractivity contribution is 5.82. The predicted octanol–water partition coefficient (Wildman–Crippen LogP) is 7.10. The third kappa shape index (κ3) is 8.84. The van der Waals surface area contributed by atoms with Gasteiger partial charge in [0.2, 0.25) is 0 Å². The molecule has 0 aliphatic heterocycles. The van der Waals surface area contributed by atoms with E-state index in [1.54, 1.807) is 12.1 Å². The largest absolute Gasteiger partial charge is 0.426 e. The highest BCUT2D eigenvalue weighted by atomic mass is 16.5. The molecule has 2 aromatic rings. The lowest BCUT2D eigenvalue weighted by Crippen LogP contribution is -2.07. The maximum atomic E-state index is 12.0. The summed E-state index contributed by atoms with van der Waals surface area (Å²) in [5.74, 6) is 0.196. The van der Waals surface area contributed by atoms with Gasteiger partial charge in [-0.3, -0.25) is 4.79 Å². The molecule has 0 atom stereocenters. The average molecular weight is 401 g/mol. The monoisotopic (exact) mass is 400 g/mol. The number of carbonyl (C=O) groups is 1. The fourth-order valence-corrected chi connectivity index (χ4v) is 3.66. The number of aryl methyl sites for hydroxylation is 1. The highest BCUT2D eigenvalue weighted by Crippen LogP contribution is 2.22. The van der Waals surface area contributed by atoms with Crippen LogP contribution in [0.4, 0.5) is 0 Å². The topological polar surface area (TPSA) is 56.5 Å². The van der Waals surface area contributed by atoms with Crippen LogP contribution in [0.25, 0.3) is 11.0 Å². The second-order valence-electron chi connectivity index (χ2n) is 8.02. The van der Waals surface area contributed by atoms with E-state index in [4.69, 9.17) is 9.15 Å². The van der Waals surface area contributed by atoms with Crippen LogP contribution in [0.1, 0.15) is 96.0 Å². The van der Waals surface area contributed by atoms with Crippen molar-refractivity contribution in [1.29, 1.82) is 0 Å². The van der Waals surface area contributed by atoms with E-state index in [0.29, 0.717) is 17.8 Å². The first-order chi connectivity index (χ1) is 14.1. The first kappa shape index (κ1) is 23.2. The average Bonchev–Trinajstić information content (AvgIpc) is 2.68. The third-order valence-electron chi connectivity index (χ3n) is 5.39. The van der Waals surface area contributed by atoms with Gasteiger partial charge >= 0.3 is 11.6 Å². The Morgan fingerprint density at radius 3 is 2.07 bits per heavy atom. The number of unbranched alkanes of at least 4 members (excludes halogenated alkanes) is 11. The summed E-state index contributed by atoms with van der Waals surface area (Å²) in [5, 5.41) is 0.852. The van der Waals surface area contributed by atoms with Crippen molar-refractivity contribution in [2.45, 2.75) is 97.3 Å². The Morgan fingerprint density at radius 2 is 1.45 bits per heavy atom. The fraction of sp³-hybridized carbons (Fsp3) is 0.600. The molecule has 0 aliphatic rings. The van der Waals surface area contributed by atoms with Gasteiger partial charge in [-0.2, -0.15) is 0 Å². The molecule has 1 aromatic carbocycles. The van der Waals surface area contributed by atoms with Crippen LogP contribution in [0.15, 0.2) is 33.5 Å². The Labute approximate surface area is 174 Å². The summed E-state index contributed by atoms with van der Waals surface area (Å²) in [6.45, 7) is 4.11. The molecule has 29 heavy (non-hydrogen) atoms. The quantitative estimate of drug-likeness (QED) is 0.147. The predicted molar refractivity (Wildman–Crippen MR) is 119 cm³/mol. The summed E-state index contributed by atoms with van der Waals surface area (Å²) in [6.07, 6.45) is 15.6. The summed E-state index contributed by atoms with van der Waals surface area (Å²) in [5.41, 5.74) is 0.909. The first-order valence-electron chi connectivity index (χ1n) is 11.4. The zero-order valence-corrected chi connectivity index (χ0v) is 18.1. The molecule has 2 rings (SSSR count). The summed E-state index contributed by atoms with van der Waals surface area (Å²) in [7, 11) is 0. The zero-order chi connectivity index (χ0) is 20.9. The molecule has 0 bridgehead atoms. The fourth-order valence-electron chi connectivity index (χ4n) is 3.66. The second kappa shape index (κ2) is 13.2. The number of hydrogen-bond acceptors (Lipinski definition) is 4. The van der Waals surface area contributed by atoms with Crippen molar-refractivity contribution in [2.75, 3.05) is 0 Å². The van der Waals surface area contributed by atoms with Crippen molar-refractivity contribution >= 4 is 16.9 Å². The standard InChI is InChI=1S/C25H36O4/c1-3-4-5-6-7-8-9-10-11-12-13-14-15-24(26)28-21-16-17-22-20(2)18-25(27)29-23(22)19-21/h16-19H,3-15H2,1-2H3. The van der Waals surface area contributed by atoms with E-state index in [2.05, 4.69) is 6.92 Å². The van der Waals surface area contributed by atoms with Crippen LogP contribution in [0.3, 0.4) is 0 Å². The minimum Gasteiger partial charge on any atom is -0.426 e. The minimum absolute atomic E-state index is 0.230. The normalized spacial score (nSPS) is 11.1. The van der Waals surface area contributed by atoms with Crippen LogP contribution < -0.4 is 10.4 Å². The lowest BCUT2D eigenvalue weighted by Gasteiger charge is -2.06. The Morgan fingerprint density at radius 1 is 0.862 bits per heavy atom. The molecule has 0 spiro atoms. The maximum absolute atomic E-state index is 12.0. The summed E-state index contributed by atoms with van der Waals surface area (Å²) in [6, 6.07) is 6.64. The van der Waals surface area contributed by atoms with Gasteiger partial charge in [0.05, 0.1) is 0 Å². The van der Waals surface area contributed by atoms with E-state index < -0.39 is 5.63 Å². The van der Waals surface area contributed by atoms with E-state index in [-0.39, 0.29) is 5.97 Å². The molecule has 4 heteroatoms. The highest BCUT2D eigenvalue weighted by Gasteiger charge is 2.08. The Balaban J connectivity index is 1.56. The number of hydrogen-bond donors (Lipinski definition) is 0. The molecule has 0 saturated heterocycles. The molecule has 1 heterocycles. The molecule has 1 aromatic heterocycles. The molecular formula is C25H36O4. The van der Waals surface area contributed by atoms with Gasteiger partial charge in [-0.25, -0.2) is 4.79 Å². The number of esters is 1. The van der Waals surface area contributed by atoms with Gasteiger partial charge < -0.3 is 9.15 Å². The number of rotatable bonds is 14. The van der Waals surface area contributed by atoms with Crippen LogP contribution in [-0.2, 0) is 4.79 Å². The van der Waals surface area contributed by atoms with Gasteiger partial charge in [-0.1, -0.05) is 77.6 Å². The second-order valence-corrected chi connectivity index (χ2v) is 8.02. The Bertz CT molecular complexity index is 806. The minimum atomic E-state index is -0.394. The Kier molecular flexibility index (Phi) is 10.5. The molecule has 0 unspecified atom stereocenters. The number of ether oxygens (including phenoxy) is 1. The summed E-state index contributed by atoms with van der Waals surface area (Å²) >= 11 is 0. The molecular weight excluding hydrogens is 364 g/mol. The van der Waals surface area contributed by atoms with E-state index in [1.807, 2.05) is 13.0 Å².